The minimum atomic E-state index is -0.150. The number of pyridine rings is 1. The lowest BCUT2D eigenvalue weighted by Crippen LogP contribution is -2.27. The summed E-state index contributed by atoms with van der Waals surface area (Å²) in [5.41, 5.74) is 2.90. The molecule has 1 fully saturated rings. The molecule has 3 aromatic rings. The van der Waals surface area contributed by atoms with Crippen LogP contribution in [0.1, 0.15) is 18.5 Å². The molecule has 0 saturated carbocycles. The van der Waals surface area contributed by atoms with Crippen molar-refractivity contribution in [1.82, 2.24) is 24.5 Å². The predicted molar refractivity (Wildman–Crippen MR) is 88.6 cm³/mol. The fourth-order valence-corrected chi connectivity index (χ4v) is 3.04. The van der Waals surface area contributed by atoms with Gasteiger partial charge in [-0.25, -0.2) is 9.50 Å². The second-order valence-corrected chi connectivity index (χ2v) is 5.92. The molecular weight excluding hydrogens is 306 g/mol. The molecule has 24 heavy (non-hydrogen) atoms. The molecule has 1 N–H and O–H groups in total. The number of nitrogens with one attached hydrogen (secondary N) is 1. The minimum Gasteiger partial charge on any atom is -0.342 e. The number of carbonyl (C=O) groups is 1. The van der Waals surface area contributed by atoms with Crippen molar-refractivity contribution < 1.29 is 4.79 Å². The summed E-state index contributed by atoms with van der Waals surface area (Å²) >= 11 is 0. The summed E-state index contributed by atoms with van der Waals surface area (Å²) in [7, 11) is 0. The van der Waals surface area contributed by atoms with E-state index in [1.807, 2.05) is 23.1 Å². The average Bonchev–Trinajstić information content (AvgIpc) is 3.20. The van der Waals surface area contributed by atoms with E-state index in [-0.39, 0.29) is 11.5 Å². The number of amides is 1. The van der Waals surface area contributed by atoms with Crippen LogP contribution in [0.4, 0.5) is 0 Å². The molecule has 0 atom stereocenters. The zero-order chi connectivity index (χ0) is 16.5. The molecule has 7 nitrogen and oxygen atoms in total. The maximum absolute atomic E-state index is 12.3. The summed E-state index contributed by atoms with van der Waals surface area (Å²) in [5, 5.41) is 3.06. The van der Waals surface area contributed by atoms with Crippen molar-refractivity contribution in [1.29, 1.82) is 0 Å². The Morgan fingerprint density at radius 1 is 1.17 bits per heavy atom. The SMILES string of the molecule is O=C1CCCN1CCc1cc(=O)n2[nH]c(-c3ccncc3)cc2n1. The quantitative estimate of drug-likeness (QED) is 0.783. The van der Waals surface area contributed by atoms with Gasteiger partial charge in [-0.2, -0.15) is 0 Å². The highest BCUT2D eigenvalue weighted by Crippen LogP contribution is 2.17. The second kappa shape index (κ2) is 5.92. The normalized spacial score (nSPS) is 14.7. The van der Waals surface area contributed by atoms with Crippen molar-refractivity contribution in [3.63, 3.8) is 0 Å². The topological polar surface area (TPSA) is 83.4 Å². The number of nitrogens with zero attached hydrogens (tertiary/aromatic N) is 4. The molecule has 0 bridgehead atoms. The van der Waals surface area contributed by atoms with E-state index in [9.17, 15) is 9.59 Å². The number of rotatable bonds is 4. The van der Waals surface area contributed by atoms with Crippen LogP contribution in [0.3, 0.4) is 0 Å². The zero-order valence-corrected chi connectivity index (χ0v) is 13.1. The molecule has 0 radical (unpaired) electrons. The van der Waals surface area contributed by atoms with Gasteiger partial charge in [0.1, 0.15) is 0 Å². The highest BCUT2D eigenvalue weighted by atomic mass is 16.2. The highest BCUT2D eigenvalue weighted by molar-refractivity contribution is 5.78. The van der Waals surface area contributed by atoms with E-state index in [0.717, 1.165) is 24.2 Å². The van der Waals surface area contributed by atoms with Crippen molar-refractivity contribution in [2.75, 3.05) is 13.1 Å². The van der Waals surface area contributed by atoms with E-state index >= 15 is 0 Å². The Morgan fingerprint density at radius 3 is 2.75 bits per heavy atom. The first-order valence-corrected chi connectivity index (χ1v) is 8.00. The molecule has 0 aromatic carbocycles. The Morgan fingerprint density at radius 2 is 2.00 bits per heavy atom. The third kappa shape index (κ3) is 2.68. The van der Waals surface area contributed by atoms with E-state index in [0.29, 0.717) is 30.7 Å². The number of hydrogen-bond donors (Lipinski definition) is 1. The minimum absolute atomic E-state index is 0.150. The summed E-state index contributed by atoms with van der Waals surface area (Å²) in [6.45, 7) is 1.42. The smallest absolute Gasteiger partial charge is 0.272 e. The molecule has 0 aliphatic carbocycles. The third-order valence-corrected chi connectivity index (χ3v) is 4.30. The van der Waals surface area contributed by atoms with Crippen molar-refractivity contribution in [3.05, 3.63) is 52.7 Å². The number of H-pyrrole nitrogens is 1. The van der Waals surface area contributed by atoms with Crippen LogP contribution in [0.5, 0.6) is 0 Å². The molecule has 1 aliphatic rings. The van der Waals surface area contributed by atoms with Crippen molar-refractivity contribution in [3.8, 4) is 11.3 Å². The Labute approximate surface area is 138 Å². The number of carbonyl (C=O) groups excluding carboxylic acids is 1. The van der Waals surface area contributed by atoms with E-state index in [2.05, 4.69) is 15.1 Å². The van der Waals surface area contributed by atoms with Crippen LogP contribution in [0.2, 0.25) is 0 Å². The van der Waals surface area contributed by atoms with Gasteiger partial charge in [-0.05, 0) is 18.6 Å². The highest BCUT2D eigenvalue weighted by Gasteiger charge is 2.19. The van der Waals surface area contributed by atoms with Crippen molar-refractivity contribution in [2.24, 2.45) is 0 Å². The summed E-state index contributed by atoms with van der Waals surface area (Å²) in [6.07, 6.45) is 5.54. The standard InChI is InChI=1S/C17H17N5O2/c23-16-2-1-8-21(16)9-5-13-10-17(24)22-15(19-13)11-14(20-22)12-3-6-18-7-4-12/h3-4,6-7,10-11,20H,1-2,5,8-9H2. The number of aromatic amines is 1. The maximum atomic E-state index is 12.3. The van der Waals surface area contributed by atoms with E-state index in [4.69, 9.17) is 0 Å². The molecule has 4 rings (SSSR count). The average molecular weight is 323 g/mol. The van der Waals surface area contributed by atoms with Crippen LogP contribution in [-0.2, 0) is 11.2 Å². The first kappa shape index (κ1) is 14.6. The molecule has 3 aromatic heterocycles. The molecule has 0 unspecified atom stereocenters. The van der Waals surface area contributed by atoms with Crippen LogP contribution < -0.4 is 5.56 Å². The van der Waals surface area contributed by atoms with Gasteiger partial charge in [0.25, 0.3) is 5.56 Å². The van der Waals surface area contributed by atoms with Crippen molar-refractivity contribution >= 4 is 11.6 Å². The third-order valence-electron chi connectivity index (χ3n) is 4.30. The van der Waals surface area contributed by atoms with Crippen LogP contribution in [0.25, 0.3) is 16.9 Å². The summed E-state index contributed by atoms with van der Waals surface area (Å²) in [5.74, 6) is 0.189. The summed E-state index contributed by atoms with van der Waals surface area (Å²) in [4.78, 5) is 34.3. The fourth-order valence-electron chi connectivity index (χ4n) is 3.04. The lowest BCUT2D eigenvalue weighted by Gasteiger charge is -2.14. The summed E-state index contributed by atoms with van der Waals surface area (Å²) < 4.78 is 1.43. The Balaban J connectivity index is 1.62. The predicted octanol–water partition coefficient (Wildman–Crippen LogP) is 1.25. The number of likely N-dealkylation sites (tertiary alicyclic amines) is 1. The molecule has 1 saturated heterocycles. The molecule has 7 heteroatoms. The van der Waals surface area contributed by atoms with Crippen LogP contribution in [0.15, 0.2) is 41.5 Å². The van der Waals surface area contributed by atoms with Crippen LogP contribution >= 0.6 is 0 Å². The first-order valence-electron chi connectivity index (χ1n) is 8.00. The molecular formula is C17H17N5O2. The largest absolute Gasteiger partial charge is 0.342 e. The first-order chi connectivity index (χ1) is 11.7. The van der Waals surface area contributed by atoms with Gasteiger partial charge in [0.05, 0.1) is 11.4 Å². The van der Waals surface area contributed by atoms with Crippen LogP contribution in [0, 0.1) is 0 Å². The fraction of sp³-hybridized carbons (Fsp3) is 0.294. The number of aromatic nitrogens is 4. The van der Waals surface area contributed by atoms with Gasteiger partial charge in [0.15, 0.2) is 5.65 Å². The summed E-state index contributed by atoms with van der Waals surface area (Å²) in [6, 6.07) is 7.12. The van der Waals surface area contributed by atoms with Gasteiger partial charge in [0, 0.05) is 56.0 Å². The molecule has 122 valence electrons. The van der Waals surface area contributed by atoms with E-state index in [1.165, 1.54) is 10.6 Å². The molecule has 1 aliphatic heterocycles. The Hall–Kier alpha value is -2.96. The zero-order valence-electron chi connectivity index (χ0n) is 13.1. The van der Waals surface area contributed by atoms with Gasteiger partial charge in [-0.1, -0.05) is 0 Å². The van der Waals surface area contributed by atoms with Gasteiger partial charge in [0.2, 0.25) is 5.91 Å². The lowest BCUT2D eigenvalue weighted by molar-refractivity contribution is -0.127. The van der Waals surface area contributed by atoms with E-state index < -0.39 is 0 Å². The van der Waals surface area contributed by atoms with Gasteiger partial charge >= 0.3 is 0 Å². The van der Waals surface area contributed by atoms with Crippen molar-refractivity contribution in [2.45, 2.75) is 19.3 Å². The Kier molecular flexibility index (Phi) is 3.60. The van der Waals surface area contributed by atoms with Gasteiger partial charge in [-0.15, -0.1) is 0 Å². The molecule has 1 amide bonds. The Bertz CT molecular complexity index is 945. The molecule has 0 spiro atoms. The second-order valence-electron chi connectivity index (χ2n) is 5.92. The maximum Gasteiger partial charge on any atom is 0.272 e. The van der Waals surface area contributed by atoms with Gasteiger partial charge < -0.3 is 4.90 Å². The lowest BCUT2D eigenvalue weighted by atomic mass is 10.2. The molecule has 4 heterocycles. The van der Waals surface area contributed by atoms with E-state index in [1.54, 1.807) is 12.4 Å². The number of hydrogen-bond acceptors (Lipinski definition) is 4. The monoisotopic (exact) mass is 323 g/mol. The number of fused-ring (bicyclic) bond motifs is 1. The van der Waals surface area contributed by atoms with Crippen LogP contribution in [-0.4, -0.2) is 43.5 Å². The van der Waals surface area contributed by atoms with Gasteiger partial charge in [-0.3, -0.25) is 19.7 Å².